The van der Waals surface area contributed by atoms with Crippen LogP contribution in [0.25, 0.3) is 0 Å². The molecule has 1 heterocycles. The number of ether oxygens (including phenoxy) is 2. The van der Waals surface area contributed by atoms with Crippen LogP contribution in [0.2, 0.25) is 5.02 Å². The summed E-state index contributed by atoms with van der Waals surface area (Å²) in [6.45, 7) is 2.55. The molecule has 0 saturated carbocycles. The Balaban J connectivity index is 1.88. The van der Waals surface area contributed by atoms with E-state index in [2.05, 4.69) is 15.6 Å². The standard InChI is InChI=1S/C25H27ClN4O5S/c1-16(31)27-11-4-12-30-21(24(33)28-14-17-5-7-18(26)8-6-17)15-36-25(30)29-23(32)20-10-9-19(34-2)13-22(20)35-3/h5-10,13,15H,4,11-12,14H2,1-3H3,(H,27,31)(H,28,33)/b29-25-. The van der Waals surface area contributed by atoms with E-state index in [1.807, 2.05) is 12.1 Å². The molecule has 190 valence electrons. The topological polar surface area (TPSA) is 111 Å². The highest BCUT2D eigenvalue weighted by Crippen LogP contribution is 2.25. The van der Waals surface area contributed by atoms with Gasteiger partial charge in [0.2, 0.25) is 5.91 Å². The van der Waals surface area contributed by atoms with E-state index in [1.165, 1.54) is 32.5 Å². The Bertz CT molecular complexity index is 1300. The maximum absolute atomic E-state index is 13.0. The molecule has 0 aliphatic rings. The van der Waals surface area contributed by atoms with Gasteiger partial charge < -0.3 is 24.7 Å². The maximum Gasteiger partial charge on any atom is 0.283 e. The predicted octanol–water partition coefficient (Wildman–Crippen LogP) is 3.42. The van der Waals surface area contributed by atoms with Gasteiger partial charge in [0.25, 0.3) is 11.8 Å². The highest BCUT2D eigenvalue weighted by molar-refractivity contribution is 7.07. The van der Waals surface area contributed by atoms with Crippen molar-refractivity contribution in [1.82, 2.24) is 15.2 Å². The smallest absolute Gasteiger partial charge is 0.283 e. The summed E-state index contributed by atoms with van der Waals surface area (Å²) >= 11 is 7.11. The first-order valence-electron chi connectivity index (χ1n) is 11.1. The summed E-state index contributed by atoms with van der Waals surface area (Å²) in [5, 5.41) is 7.90. The number of benzene rings is 2. The van der Waals surface area contributed by atoms with Crippen LogP contribution >= 0.6 is 22.9 Å². The highest BCUT2D eigenvalue weighted by atomic mass is 35.5. The quantitative estimate of drug-likeness (QED) is 0.390. The van der Waals surface area contributed by atoms with Crippen molar-refractivity contribution in [1.29, 1.82) is 0 Å². The van der Waals surface area contributed by atoms with E-state index in [9.17, 15) is 14.4 Å². The monoisotopic (exact) mass is 530 g/mol. The number of halogens is 1. The first kappa shape index (κ1) is 27.0. The van der Waals surface area contributed by atoms with Crippen molar-refractivity contribution >= 4 is 40.7 Å². The average Bonchev–Trinajstić information content (AvgIpc) is 3.27. The van der Waals surface area contributed by atoms with E-state index in [-0.39, 0.29) is 17.4 Å². The second kappa shape index (κ2) is 12.9. The highest BCUT2D eigenvalue weighted by Gasteiger charge is 2.17. The molecule has 0 aliphatic heterocycles. The summed E-state index contributed by atoms with van der Waals surface area (Å²) in [5.74, 6) is -0.0836. The zero-order valence-electron chi connectivity index (χ0n) is 20.2. The first-order chi connectivity index (χ1) is 17.3. The lowest BCUT2D eigenvalue weighted by molar-refractivity contribution is -0.118. The lowest BCUT2D eigenvalue weighted by Gasteiger charge is -2.10. The molecule has 0 saturated heterocycles. The van der Waals surface area contributed by atoms with Gasteiger partial charge in [-0.15, -0.1) is 11.3 Å². The summed E-state index contributed by atoms with van der Waals surface area (Å²) in [5.41, 5.74) is 1.53. The molecule has 0 fully saturated rings. The second-order valence-corrected chi connectivity index (χ2v) is 8.96. The van der Waals surface area contributed by atoms with Crippen molar-refractivity contribution in [2.24, 2.45) is 4.99 Å². The summed E-state index contributed by atoms with van der Waals surface area (Å²) in [6.07, 6.45) is 0.543. The minimum Gasteiger partial charge on any atom is -0.497 e. The van der Waals surface area contributed by atoms with E-state index in [0.717, 1.165) is 5.56 Å². The van der Waals surface area contributed by atoms with Gasteiger partial charge in [0.1, 0.15) is 17.2 Å². The van der Waals surface area contributed by atoms with Crippen molar-refractivity contribution in [2.75, 3.05) is 20.8 Å². The van der Waals surface area contributed by atoms with Crippen LogP contribution in [0.5, 0.6) is 11.5 Å². The Morgan fingerprint density at radius 2 is 1.81 bits per heavy atom. The Hall–Kier alpha value is -3.63. The number of hydrogen-bond acceptors (Lipinski definition) is 6. The van der Waals surface area contributed by atoms with Crippen LogP contribution in [0.1, 0.15) is 39.8 Å². The van der Waals surface area contributed by atoms with E-state index < -0.39 is 5.91 Å². The fourth-order valence-corrected chi connectivity index (χ4v) is 4.35. The number of hydrogen-bond donors (Lipinski definition) is 2. The summed E-state index contributed by atoms with van der Waals surface area (Å²) in [4.78, 5) is 41.9. The maximum atomic E-state index is 13.0. The molecule has 11 heteroatoms. The Morgan fingerprint density at radius 1 is 1.06 bits per heavy atom. The number of nitrogens with zero attached hydrogens (tertiary/aromatic N) is 2. The van der Waals surface area contributed by atoms with Gasteiger partial charge >= 0.3 is 0 Å². The molecule has 2 aromatic carbocycles. The van der Waals surface area contributed by atoms with Crippen LogP contribution in [0.3, 0.4) is 0 Å². The Labute approximate surface area is 217 Å². The number of amides is 3. The van der Waals surface area contributed by atoms with Gasteiger partial charge in [-0.1, -0.05) is 23.7 Å². The van der Waals surface area contributed by atoms with E-state index in [1.54, 1.807) is 40.3 Å². The molecule has 0 unspecified atom stereocenters. The normalized spacial score (nSPS) is 11.2. The zero-order chi connectivity index (χ0) is 26.1. The van der Waals surface area contributed by atoms with Crippen molar-refractivity contribution in [3.05, 3.63) is 74.5 Å². The zero-order valence-corrected chi connectivity index (χ0v) is 21.7. The number of nitrogens with one attached hydrogen (secondary N) is 2. The van der Waals surface area contributed by atoms with Gasteiger partial charge in [0, 0.05) is 43.0 Å². The number of rotatable bonds is 10. The minimum atomic E-state index is -0.514. The number of carbonyl (C=O) groups excluding carboxylic acids is 3. The van der Waals surface area contributed by atoms with E-state index >= 15 is 0 Å². The lowest BCUT2D eigenvalue weighted by Crippen LogP contribution is -2.30. The molecule has 0 spiro atoms. The molecule has 0 atom stereocenters. The molecule has 2 N–H and O–H groups in total. The molecule has 3 amide bonds. The van der Waals surface area contributed by atoms with Crippen LogP contribution < -0.4 is 24.9 Å². The number of aromatic nitrogens is 1. The SMILES string of the molecule is COc1ccc(C(=O)/N=c2\scc(C(=O)NCc3ccc(Cl)cc3)n2CCCNC(C)=O)c(OC)c1. The van der Waals surface area contributed by atoms with Gasteiger partial charge in [-0.25, -0.2) is 0 Å². The fraction of sp³-hybridized carbons (Fsp3) is 0.280. The van der Waals surface area contributed by atoms with E-state index in [0.29, 0.717) is 53.1 Å². The fourth-order valence-electron chi connectivity index (χ4n) is 3.32. The number of methoxy groups -OCH3 is 2. The number of carbonyl (C=O) groups is 3. The van der Waals surface area contributed by atoms with E-state index in [4.69, 9.17) is 21.1 Å². The van der Waals surface area contributed by atoms with Crippen LogP contribution in [0.4, 0.5) is 0 Å². The molecular weight excluding hydrogens is 504 g/mol. The molecule has 0 radical (unpaired) electrons. The molecule has 3 aromatic rings. The third-order valence-corrected chi connectivity index (χ3v) is 6.28. The third-order valence-electron chi connectivity index (χ3n) is 5.17. The summed E-state index contributed by atoms with van der Waals surface area (Å²) in [6, 6.07) is 12.0. The van der Waals surface area contributed by atoms with Crippen molar-refractivity contribution in [3.63, 3.8) is 0 Å². The minimum absolute atomic E-state index is 0.141. The Morgan fingerprint density at radius 3 is 2.47 bits per heavy atom. The Kier molecular flexibility index (Phi) is 9.66. The molecule has 9 nitrogen and oxygen atoms in total. The van der Waals surface area contributed by atoms with Gasteiger partial charge in [0.15, 0.2) is 4.80 Å². The molecular formula is C25H27ClN4O5S. The van der Waals surface area contributed by atoms with Crippen molar-refractivity contribution in [2.45, 2.75) is 26.4 Å². The first-order valence-corrected chi connectivity index (χ1v) is 12.3. The van der Waals surface area contributed by atoms with Crippen molar-refractivity contribution in [3.8, 4) is 11.5 Å². The molecule has 36 heavy (non-hydrogen) atoms. The van der Waals surface area contributed by atoms with Crippen LogP contribution in [-0.2, 0) is 17.9 Å². The largest absolute Gasteiger partial charge is 0.497 e. The van der Waals surface area contributed by atoms with Gasteiger partial charge in [-0.3, -0.25) is 14.4 Å². The van der Waals surface area contributed by atoms with Crippen LogP contribution in [0, 0.1) is 0 Å². The lowest BCUT2D eigenvalue weighted by atomic mass is 10.2. The van der Waals surface area contributed by atoms with Crippen LogP contribution in [-0.4, -0.2) is 43.1 Å². The summed E-state index contributed by atoms with van der Waals surface area (Å²) in [7, 11) is 2.98. The van der Waals surface area contributed by atoms with Crippen LogP contribution in [0.15, 0.2) is 52.8 Å². The van der Waals surface area contributed by atoms with Gasteiger partial charge in [-0.05, 0) is 36.2 Å². The van der Waals surface area contributed by atoms with Crippen molar-refractivity contribution < 1.29 is 23.9 Å². The molecule has 3 rings (SSSR count). The predicted molar refractivity (Wildman–Crippen MR) is 138 cm³/mol. The van der Waals surface area contributed by atoms with Gasteiger partial charge in [0.05, 0.1) is 19.8 Å². The summed E-state index contributed by atoms with van der Waals surface area (Å²) < 4.78 is 12.2. The van der Waals surface area contributed by atoms with Gasteiger partial charge in [-0.2, -0.15) is 4.99 Å². The molecule has 0 aliphatic carbocycles. The second-order valence-electron chi connectivity index (χ2n) is 7.68. The number of thiazole rings is 1. The average molecular weight is 531 g/mol. The molecule has 1 aromatic heterocycles. The third kappa shape index (κ3) is 7.19. The molecule has 0 bridgehead atoms.